The average Bonchev–Trinajstić information content (AvgIpc) is 3.06. The molecule has 0 saturated heterocycles. The first kappa shape index (κ1) is 19.5. The van der Waals surface area contributed by atoms with Crippen LogP contribution in [0, 0.1) is 0 Å². The Hall–Kier alpha value is -2.84. The van der Waals surface area contributed by atoms with Crippen molar-refractivity contribution in [3.8, 4) is 22.8 Å². The quantitative estimate of drug-likeness (QED) is 0.408. The molecular formula is C19H11Cl2F3N4O. The van der Waals surface area contributed by atoms with E-state index in [1.807, 2.05) is 0 Å². The van der Waals surface area contributed by atoms with Gasteiger partial charge in [-0.2, -0.15) is 23.3 Å². The van der Waals surface area contributed by atoms with Gasteiger partial charge in [0.25, 0.3) is 0 Å². The summed E-state index contributed by atoms with van der Waals surface area (Å²) in [5, 5.41) is 5.36. The summed E-state index contributed by atoms with van der Waals surface area (Å²) in [5.74, 6) is -0.270. The molecule has 0 aliphatic carbocycles. The van der Waals surface area contributed by atoms with Crippen molar-refractivity contribution in [2.24, 2.45) is 0 Å². The largest absolute Gasteiger partial charge is 0.466 e. The van der Waals surface area contributed by atoms with E-state index < -0.39 is 12.8 Å². The highest BCUT2D eigenvalue weighted by atomic mass is 35.5. The summed E-state index contributed by atoms with van der Waals surface area (Å²) in [6, 6.07) is 13.8. The number of aromatic nitrogens is 4. The number of halogens is 5. The van der Waals surface area contributed by atoms with Gasteiger partial charge < -0.3 is 4.74 Å². The van der Waals surface area contributed by atoms with Crippen molar-refractivity contribution >= 4 is 34.2 Å². The van der Waals surface area contributed by atoms with Gasteiger partial charge in [-0.05, 0) is 24.3 Å². The minimum absolute atomic E-state index is 0.0848. The molecule has 10 heteroatoms. The van der Waals surface area contributed by atoms with Crippen molar-refractivity contribution < 1.29 is 17.9 Å². The summed E-state index contributed by atoms with van der Waals surface area (Å²) in [7, 11) is 0. The molecule has 0 N–H and O–H groups in total. The first-order chi connectivity index (χ1) is 13.8. The lowest BCUT2D eigenvalue weighted by molar-refractivity contribution is -0.153. The highest BCUT2D eigenvalue weighted by molar-refractivity contribution is 6.32. The molecule has 2 heterocycles. The Labute approximate surface area is 172 Å². The van der Waals surface area contributed by atoms with E-state index in [0.717, 1.165) is 6.33 Å². The van der Waals surface area contributed by atoms with E-state index >= 15 is 0 Å². The van der Waals surface area contributed by atoms with Gasteiger partial charge in [-0.1, -0.05) is 47.5 Å². The maximum Gasteiger partial charge on any atom is 0.422 e. The molecule has 0 aliphatic rings. The van der Waals surface area contributed by atoms with Crippen LogP contribution in [0.15, 0.2) is 54.9 Å². The van der Waals surface area contributed by atoms with Crippen LogP contribution in [0.4, 0.5) is 13.2 Å². The van der Waals surface area contributed by atoms with Gasteiger partial charge in [0.15, 0.2) is 12.1 Å². The molecule has 0 atom stereocenters. The van der Waals surface area contributed by atoms with Crippen LogP contribution in [-0.2, 0) is 0 Å². The third-order valence-electron chi connectivity index (χ3n) is 4.00. The van der Waals surface area contributed by atoms with Crippen LogP contribution in [0.3, 0.4) is 0 Å². The first-order valence-electron chi connectivity index (χ1n) is 8.27. The fourth-order valence-corrected chi connectivity index (χ4v) is 3.14. The van der Waals surface area contributed by atoms with Crippen LogP contribution in [0.25, 0.3) is 28.0 Å². The van der Waals surface area contributed by atoms with E-state index in [9.17, 15) is 13.2 Å². The van der Waals surface area contributed by atoms with E-state index in [-0.39, 0.29) is 11.4 Å². The molecule has 0 amide bonds. The lowest BCUT2D eigenvalue weighted by Gasteiger charge is -2.09. The number of benzene rings is 2. The minimum atomic E-state index is -4.51. The Bertz CT molecular complexity index is 1180. The van der Waals surface area contributed by atoms with Crippen LogP contribution in [-0.4, -0.2) is 32.5 Å². The van der Waals surface area contributed by atoms with Gasteiger partial charge in [-0.3, -0.25) is 0 Å². The average molecular weight is 439 g/mol. The molecule has 0 radical (unpaired) electrons. The number of hydrogen-bond donors (Lipinski definition) is 0. The summed E-state index contributed by atoms with van der Waals surface area (Å²) in [6.07, 6.45) is -3.38. The number of para-hydroxylation sites is 1. The zero-order valence-corrected chi connectivity index (χ0v) is 16.0. The normalized spacial score (nSPS) is 11.8. The molecule has 4 aromatic rings. The van der Waals surface area contributed by atoms with Gasteiger partial charge in [0, 0.05) is 10.6 Å². The van der Waals surface area contributed by atoms with Gasteiger partial charge in [0.1, 0.15) is 17.5 Å². The van der Waals surface area contributed by atoms with E-state index in [4.69, 9.17) is 27.9 Å². The van der Waals surface area contributed by atoms with Crippen LogP contribution in [0.1, 0.15) is 0 Å². The molecule has 0 saturated carbocycles. The SMILES string of the molecule is FC(F)(F)COc1ncnc2c(-c3ccc(Cl)cc3)n(-c3ccccc3Cl)nc12. The zero-order valence-electron chi connectivity index (χ0n) is 14.5. The molecule has 29 heavy (non-hydrogen) atoms. The number of nitrogens with zero attached hydrogens (tertiary/aromatic N) is 4. The number of ether oxygens (including phenoxy) is 1. The highest BCUT2D eigenvalue weighted by Crippen LogP contribution is 2.35. The Morgan fingerprint density at radius 3 is 2.34 bits per heavy atom. The highest BCUT2D eigenvalue weighted by Gasteiger charge is 2.30. The number of alkyl halides is 3. The fraction of sp³-hybridized carbons (Fsp3) is 0.105. The second kappa shape index (κ2) is 7.53. The van der Waals surface area contributed by atoms with E-state index in [0.29, 0.717) is 32.5 Å². The molecule has 0 aliphatic heterocycles. The molecule has 4 rings (SSSR count). The van der Waals surface area contributed by atoms with Gasteiger partial charge >= 0.3 is 6.18 Å². The summed E-state index contributed by atoms with van der Waals surface area (Å²) < 4.78 is 44.2. The molecule has 2 aromatic carbocycles. The fourth-order valence-electron chi connectivity index (χ4n) is 2.80. The molecule has 0 fully saturated rings. The van der Waals surface area contributed by atoms with Gasteiger partial charge in [0.2, 0.25) is 5.88 Å². The van der Waals surface area contributed by atoms with Crippen LogP contribution >= 0.6 is 23.2 Å². The molecule has 0 spiro atoms. The summed E-state index contributed by atoms with van der Waals surface area (Å²) in [5.41, 5.74) is 2.14. The van der Waals surface area contributed by atoms with Gasteiger partial charge in [-0.25, -0.2) is 9.67 Å². The minimum Gasteiger partial charge on any atom is -0.466 e. The predicted octanol–water partition coefficient (Wildman–Crippen LogP) is 5.73. The smallest absolute Gasteiger partial charge is 0.422 e. The van der Waals surface area contributed by atoms with Crippen LogP contribution < -0.4 is 4.74 Å². The topological polar surface area (TPSA) is 52.8 Å². The monoisotopic (exact) mass is 438 g/mol. The summed E-state index contributed by atoms with van der Waals surface area (Å²) >= 11 is 12.3. The van der Waals surface area contributed by atoms with Gasteiger partial charge in [-0.15, -0.1) is 0 Å². The van der Waals surface area contributed by atoms with Crippen LogP contribution in [0.2, 0.25) is 10.0 Å². The van der Waals surface area contributed by atoms with E-state index in [1.165, 1.54) is 4.68 Å². The lowest BCUT2D eigenvalue weighted by Crippen LogP contribution is -2.19. The van der Waals surface area contributed by atoms with E-state index in [2.05, 4.69) is 15.1 Å². The zero-order chi connectivity index (χ0) is 20.6. The number of fused-ring (bicyclic) bond motifs is 1. The summed E-state index contributed by atoms with van der Waals surface area (Å²) in [6.45, 7) is -1.49. The van der Waals surface area contributed by atoms with Gasteiger partial charge in [0.05, 0.1) is 10.7 Å². The van der Waals surface area contributed by atoms with Crippen molar-refractivity contribution in [1.82, 2.24) is 19.7 Å². The number of rotatable bonds is 4. The predicted molar refractivity (Wildman–Crippen MR) is 104 cm³/mol. The molecular weight excluding hydrogens is 428 g/mol. The second-order valence-corrected chi connectivity index (χ2v) is 6.84. The summed E-state index contributed by atoms with van der Waals surface area (Å²) in [4.78, 5) is 8.05. The Morgan fingerprint density at radius 1 is 0.931 bits per heavy atom. The third kappa shape index (κ3) is 3.99. The molecule has 0 unspecified atom stereocenters. The lowest BCUT2D eigenvalue weighted by atomic mass is 10.1. The maximum atomic E-state index is 12.6. The molecule has 2 aromatic heterocycles. The Morgan fingerprint density at radius 2 is 1.66 bits per heavy atom. The molecule has 5 nitrogen and oxygen atoms in total. The Balaban J connectivity index is 1.96. The maximum absolute atomic E-state index is 12.6. The van der Waals surface area contributed by atoms with Crippen molar-refractivity contribution in [2.75, 3.05) is 6.61 Å². The van der Waals surface area contributed by atoms with Crippen molar-refractivity contribution in [3.05, 3.63) is 64.9 Å². The molecule has 148 valence electrons. The number of hydrogen-bond acceptors (Lipinski definition) is 4. The second-order valence-electron chi connectivity index (χ2n) is 6.00. The van der Waals surface area contributed by atoms with Crippen molar-refractivity contribution in [1.29, 1.82) is 0 Å². The van der Waals surface area contributed by atoms with Crippen LogP contribution in [0.5, 0.6) is 5.88 Å². The van der Waals surface area contributed by atoms with Crippen molar-refractivity contribution in [2.45, 2.75) is 6.18 Å². The third-order valence-corrected chi connectivity index (χ3v) is 4.57. The Kier molecular flexibility index (Phi) is 5.06. The first-order valence-corrected chi connectivity index (χ1v) is 9.03. The standard InChI is InChI=1S/C19H11Cl2F3N4O/c20-12-7-5-11(6-8-12)17-15-16(18(26-10-25-15)29-9-19(22,23)24)27-28(17)14-4-2-1-3-13(14)21/h1-8,10H,9H2. The molecule has 0 bridgehead atoms. The van der Waals surface area contributed by atoms with E-state index in [1.54, 1.807) is 48.5 Å². The van der Waals surface area contributed by atoms with Crippen molar-refractivity contribution in [3.63, 3.8) is 0 Å².